The minimum absolute atomic E-state index is 0.317. The summed E-state index contributed by atoms with van der Waals surface area (Å²) in [7, 11) is 0. The largest absolute Gasteiger partial charge is 0.501 e. The second kappa shape index (κ2) is 7.71. The third kappa shape index (κ3) is 4.03. The fourth-order valence-corrected chi connectivity index (χ4v) is 1.53. The molecule has 0 unspecified atom stereocenters. The zero-order chi connectivity index (χ0) is 13.4. The molecule has 0 spiro atoms. The van der Waals surface area contributed by atoms with Crippen molar-refractivity contribution in [1.29, 1.82) is 0 Å². The van der Waals surface area contributed by atoms with Crippen molar-refractivity contribution < 1.29 is 14.3 Å². The Kier molecular flexibility index (Phi) is 6.21. The summed E-state index contributed by atoms with van der Waals surface area (Å²) in [5.41, 5.74) is 0.840. The van der Waals surface area contributed by atoms with Gasteiger partial charge < -0.3 is 9.47 Å². The second-order valence-electron chi connectivity index (χ2n) is 3.13. The Hall–Kier alpha value is -1.56. The number of rotatable bonds is 6. The standard InChI is InChI=1S/C12H16N2O3S/c1-4-16-7-6-10-9(11(15)17-5-2)8-13-12(14-10)18-3/h6-8H,4-5H2,1-3H3. The normalized spacial score (nSPS) is 10.6. The Morgan fingerprint density at radius 2 is 2.22 bits per heavy atom. The number of hydrogen-bond donors (Lipinski definition) is 0. The van der Waals surface area contributed by atoms with E-state index in [0.29, 0.717) is 29.6 Å². The molecule has 18 heavy (non-hydrogen) atoms. The van der Waals surface area contributed by atoms with Crippen molar-refractivity contribution in [3.63, 3.8) is 0 Å². The molecule has 98 valence electrons. The summed E-state index contributed by atoms with van der Waals surface area (Å²) in [5, 5.41) is 0.596. The highest BCUT2D eigenvalue weighted by Gasteiger charge is 2.13. The lowest BCUT2D eigenvalue weighted by Crippen LogP contribution is -2.09. The van der Waals surface area contributed by atoms with E-state index in [1.165, 1.54) is 24.2 Å². The highest BCUT2D eigenvalue weighted by Crippen LogP contribution is 2.14. The first-order valence-corrected chi connectivity index (χ1v) is 6.81. The van der Waals surface area contributed by atoms with Crippen LogP contribution < -0.4 is 0 Å². The smallest absolute Gasteiger partial charge is 0.341 e. The maximum atomic E-state index is 11.7. The van der Waals surface area contributed by atoms with Gasteiger partial charge in [0.2, 0.25) is 0 Å². The van der Waals surface area contributed by atoms with Crippen molar-refractivity contribution in [3.8, 4) is 0 Å². The maximum Gasteiger partial charge on any atom is 0.341 e. The van der Waals surface area contributed by atoms with Crippen LogP contribution in [-0.2, 0) is 9.47 Å². The first-order valence-electron chi connectivity index (χ1n) is 5.59. The molecule has 5 nitrogen and oxygen atoms in total. The lowest BCUT2D eigenvalue weighted by Gasteiger charge is -2.05. The first-order chi connectivity index (χ1) is 8.72. The number of thioether (sulfide) groups is 1. The number of carbonyl (C=O) groups excluding carboxylic acids is 1. The van der Waals surface area contributed by atoms with Gasteiger partial charge in [0, 0.05) is 6.20 Å². The fourth-order valence-electron chi connectivity index (χ4n) is 1.18. The molecular weight excluding hydrogens is 252 g/mol. The summed E-state index contributed by atoms with van der Waals surface area (Å²) < 4.78 is 10.1. The topological polar surface area (TPSA) is 61.3 Å². The van der Waals surface area contributed by atoms with E-state index in [1.54, 1.807) is 13.0 Å². The van der Waals surface area contributed by atoms with Gasteiger partial charge >= 0.3 is 5.97 Å². The van der Waals surface area contributed by atoms with Crippen molar-refractivity contribution in [1.82, 2.24) is 9.97 Å². The molecule has 0 aliphatic carbocycles. The predicted octanol–water partition coefficient (Wildman–Crippen LogP) is 2.38. The van der Waals surface area contributed by atoms with E-state index < -0.39 is 5.97 Å². The Morgan fingerprint density at radius 3 is 2.83 bits per heavy atom. The molecule has 1 rings (SSSR count). The maximum absolute atomic E-state index is 11.7. The van der Waals surface area contributed by atoms with Gasteiger partial charge in [0.15, 0.2) is 5.16 Å². The van der Waals surface area contributed by atoms with Crippen LogP contribution in [0.3, 0.4) is 0 Å². The van der Waals surface area contributed by atoms with E-state index >= 15 is 0 Å². The Labute approximate surface area is 111 Å². The van der Waals surface area contributed by atoms with Crippen molar-refractivity contribution in [2.24, 2.45) is 0 Å². The zero-order valence-electron chi connectivity index (χ0n) is 10.7. The van der Waals surface area contributed by atoms with Crippen molar-refractivity contribution in [3.05, 3.63) is 23.7 Å². The Bertz CT molecular complexity index is 435. The van der Waals surface area contributed by atoms with Crippen molar-refractivity contribution >= 4 is 23.8 Å². The summed E-state index contributed by atoms with van der Waals surface area (Å²) in [6, 6.07) is 0. The number of hydrogen-bond acceptors (Lipinski definition) is 6. The molecule has 1 aromatic heterocycles. The molecule has 0 atom stereocenters. The van der Waals surface area contributed by atoms with E-state index in [-0.39, 0.29) is 0 Å². The van der Waals surface area contributed by atoms with Crippen LogP contribution in [0.2, 0.25) is 0 Å². The Balaban J connectivity index is 3.03. The van der Waals surface area contributed by atoms with E-state index in [4.69, 9.17) is 9.47 Å². The van der Waals surface area contributed by atoms with E-state index in [0.717, 1.165) is 0 Å². The minimum atomic E-state index is -0.429. The molecule has 0 aliphatic rings. The van der Waals surface area contributed by atoms with Crippen LogP contribution in [0.1, 0.15) is 29.9 Å². The second-order valence-corrected chi connectivity index (χ2v) is 3.91. The summed E-state index contributed by atoms with van der Waals surface area (Å²) >= 11 is 1.41. The van der Waals surface area contributed by atoms with Gasteiger partial charge in [-0.2, -0.15) is 0 Å². The predicted molar refractivity (Wildman–Crippen MR) is 70.4 cm³/mol. The zero-order valence-corrected chi connectivity index (χ0v) is 11.5. The first kappa shape index (κ1) is 14.5. The third-order valence-corrected chi connectivity index (χ3v) is 2.52. The summed E-state index contributed by atoms with van der Waals surface area (Å²) in [6.45, 7) is 4.51. The van der Waals surface area contributed by atoms with E-state index in [1.807, 2.05) is 13.2 Å². The van der Waals surface area contributed by atoms with Gasteiger partial charge in [-0.3, -0.25) is 0 Å². The Morgan fingerprint density at radius 1 is 1.44 bits per heavy atom. The molecule has 0 amide bonds. The van der Waals surface area contributed by atoms with E-state index in [2.05, 4.69) is 9.97 Å². The molecule has 0 bridgehead atoms. The van der Waals surface area contributed by atoms with Gasteiger partial charge in [0.05, 0.1) is 25.2 Å². The number of nitrogens with zero attached hydrogens (tertiary/aromatic N) is 2. The average Bonchev–Trinajstić information content (AvgIpc) is 2.39. The molecule has 0 saturated heterocycles. The molecule has 0 N–H and O–H groups in total. The van der Waals surface area contributed by atoms with Gasteiger partial charge in [0.25, 0.3) is 0 Å². The summed E-state index contributed by atoms with van der Waals surface area (Å²) in [4.78, 5) is 20.0. The number of aromatic nitrogens is 2. The minimum Gasteiger partial charge on any atom is -0.501 e. The summed E-state index contributed by atoms with van der Waals surface area (Å²) in [5.74, 6) is -0.429. The highest BCUT2D eigenvalue weighted by molar-refractivity contribution is 7.98. The molecular formula is C12H16N2O3S. The van der Waals surface area contributed by atoms with Gasteiger partial charge in [0.1, 0.15) is 5.56 Å². The van der Waals surface area contributed by atoms with Crippen LogP contribution in [0.5, 0.6) is 0 Å². The molecule has 0 radical (unpaired) electrons. The molecule has 0 aliphatic heterocycles. The number of carbonyl (C=O) groups is 1. The van der Waals surface area contributed by atoms with Crippen LogP contribution in [0.15, 0.2) is 17.6 Å². The quantitative estimate of drug-likeness (QED) is 0.342. The van der Waals surface area contributed by atoms with Crippen molar-refractivity contribution in [2.75, 3.05) is 19.5 Å². The third-order valence-electron chi connectivity index (χ3n) is 1.96. The van der Waals surface area contributed by atoms with Gasteiger partial charge in [-0.15, -0.1) is 0 Å². The van der Waals surface area contributed by atoms with Crippen LogP contribution in [-0.4, -0.2) is 35.4 Å². The molecule has 0 fully saturated rings. The van der Waals surface area contributed by atoms with Crippen LogP contribution >= 0.6 is 11.8 Å². The van der Waals surface area contributed by atoms with Gasteiger partial charge in [-0.05, 0) is 26.2 Å². The van der Waals surface area contributed by atoms with Gasteiger partial charge in [-0.1, -0.05) is 11.8 Å². The average molecular weight is 268 g/mol. The fraction of sp³-hybridized carbons (Fsp3) is 0.417. The van der Waals surface area contributed by atoms with E-state index in [9.17, 15) is 4.79 Å². The van der Waals surface area contributed by atoms with Crippen LogP contribution in [0.4, 0.5) is 0 Å². The monoisotopic (exact) mass is 268 g/mol. The highest BCUT2D eigenvalue weighted by atomic mass is 32.2. The molecule has 0 aromatic carbocycles. The van der Waals surface area contributed by atoms with Crippen molar-refractivity contribution in [2.45, 2.75) is 19.0 Å². The molecule has 1 heterocycles. The molecule has 1 aromatic rings. The lowest BCUT2D eigenvalue weighted by molar-refractivity contribution is 0.0525. The van der Waals surface area contributed by atoms with Gasteiger partial charge in [-0.25, -0.2) is 14.8 Å². The number of esters is 1. The van der Waals surface area contributed by atoms with Crippen LogP contribution in [0.25, 0.3) is 6.08 Å². The number of ether oxygens (including phenoxy) is 2. The molecule has 6 heteroatoms. The lowest BCUT2D eigenvalue weighted by atomic mass is 10.2. The molecule has 0 saturated carbocycles. The summed E-state index contributed by atoms with van der Waals surface area (Å²) in [6.07, 6.45) is 6.49. The SMILES string of the molecule is CCOC=Cc1nc(SC)ncc1C(=O)OCC. The van der Waals surface area contributed by atoms with Crippen LogP contribution in [0, 0.1) is 0 Å².